The maximum Gasteiger partial charge on any atom is 0.353 e. The molecular formula is C22H38O3S2. The highest BCUT2D eigenvalue weighted by Gasteiger charge is 2.34. The molecule has 1 heterocycles. The van der Waals surface area contributed by atoms with E-state index in [-0.39, 0.29) is 0 Å². The van der Waals surface area contributed by atoms with Crippen LogP contribution in [0.5, 0.6) is 0 Å². The number of cyclic esters (lactones) is 2. The number of unbranched alkanes of at least 4 members (excludes halogenated alkanes) is 10. The second-order valence-electron chi connectivity index (χ2n) is 7.39. The third-order valence-electron chi connectivity index (χ3n) is 5.01. The van der Waals surface area contributed by atoms with Gasteiger partial charge < -0.3 is 4.74 Å². The van der Waals surface area contributed by atoms with E-state index in [1.807, 2.05) is 6.26 Å². The van der Waals surface area contributed by atoms with Gasteiger partial charge in [0.25, 0.3) is 0 Å². The van der Waals surface area contributed by atoms with Gasteiger partial charge in [-0.1, -0.05) is 90.9 Å². The lowest BCUT2D eigenvalue weighted by Gasteiger charge is -2.16. The summed E-state index contributed by atoms with van der Waals surface area (Å²) in [5.74, 6) is -0.905. The molecule has 156 valence electrons. The molecule has 5 heteroatoms. The number of thioether (sulfide) groups is 2. The first-order chi connectivity index (χ1) is 13.1. The van der Waals surface area contributed by atoms with Crippen LogP contribution in [0.25, 0.3) is 0 Å². The Kier molecular flexibility index (Phi) is 14.1. The molecule has 0 fully saturated rings. The van der Waals surface area contributed by atoms with E-state index in [2.05, 4.69) is 13.8 Å². The van der Waals surface area contributed by atoms with Crippen molar-refractivity contribution in [1.82, 2.24) is 0 Å². The summed E-state index contributed by atoms with van der Waals surface area (Å²) in [4.78, 5) is 24.9. The Labute approximate surface area is 174 Å². The van der Waals surface area contributed by atoms with Crippen LogP contribution in [0.2, 0.25) is 0 Å². The predicted molar refractivity (Wildman–Crippen MR) is 119 cm³/mol. The third-order valence-corrected chi connectivity index (χ3v) is 7.33. The molecule has 0 atom stereocenters. The van der Waals surface area contributed by atoms with E-state index in [1.54, 1.807) is 11.8 Å². The van der Waals surface area contributed by atoms with Crippen molar-refractivity contribution < 1.29 is 14.3 Å². The van der Waals surface area contributed by atoms with Crippen molar-refractivity contribution >= 4 is 35.5 Å². The van der Waals surface area contributed by atoms with Crippen molar-refractivity contribution in [3.8, 4) is 0 Å². The van der Waals surface area contributed by atoms with Crippen LogP contribution in [0.4, 0.5) is 0 Å². The Hall–Kier alpha value is -0.420. The van der Waals surface area contributed by atoms with Gasteiger partial charge in [0.15, 0.2) is 0 Å². The molecule has 0 N–H and O–H groups in total. The minimum atomic E-state index is -0.465. The molecule has 0 unspecified atom stereocenters. The quantitative estimate of drug-likeness (QED) is 0.142. The summed E-state index contributed by atoms with van der Waals surface area (Å²) in [6, 6.07) is 0. The summed E-state index contributed by atoms with van der Waals surface area (Å²) in [5, 5.41) is 0.415. The fourth-order valence-corrected chi connectivity index (χ4v) is 5.48. The monoisotopic (exact) mass is 414 g/mol. The molecule has 0 saturated carbocycles. The Balaban J connectivity index is 2.49. The summed E-state index contributed by atoms with van der Waals surface area (Å²) in [5.41, 5.74) is 0. The normalized spacial score (nSPS) is 14.5. The maximum atomic E-state index is 12.1. The van der Waals surface area contributed by atoms with E-state index < -0.39 is 11.9 Å². The van der Waals surface area contributed by atoms with E-state index in [4.69, 9.17) is 4.74 Å². The van der Waals surface area contributed by atoms with Crippen LogP contribution in [0, 0.1) is 0 Å². The zero-order valence-electron chi connectivity index (χ0n) is 17.5. The SMILES string of the molecule is CCCCCCCCC(CCCCCCCC)SC1=C(SC)C(=O)OC1=O. The van der Waals surface area contributed by atoms with Crippen LogP contribution >= 0.6 is 23.5 Å². The molecule has 27 heavy (non-hydrogen) atoms. The highest BCUT2D eigenvalue weighted by Crippen LogP contribution is 2.38. The van der Waals surface area contributed by atoms with Crippen LogP contribution in [-0.2, 0) is 14.3 Å². The summed E-state index contributed by atoms with van der Waals surface area (Å²) in [6.07, 6.45) is 19.5. The largest absolute Gasteiger partial charge is 0.385 e. The Morgan fingerprint density at radius 2 is 1.15 bits per heavy atom. The molecule has 0 aromatic carbocycles. The van der Waals surface area contributed by atoms with Crippen LogP contribution in [0.15, 0.2) is 9.81 Å². The van der Waals surface area contributed by atoms with Gasteiger partial charge in [0.1, 0.15) is 9.81 Å². The van der Waals surface area contributed by atoms with Gasteiger partial charge in [0.2, 0.25) is 0 Å². The highest BCUT2D eigenvalue weighted by molar-refractivity contribution is 8.08. The molecule has 0 aromatic heterocycles. The first-order valence-corrected chi connectivity index (χ1v) is 13.0. The Bertz CT molecular complexity index is 458. The van der Waals surface area contributed by atoms with Gasteiger partial charge in [0, 0.05) is 5.25 Å². The molecule has 1 aliphatic rings. The van der Waals surface area contributed by atoms with Crippen molar-refractivity contribution in [2.45, 2.75) is 109 Å². The lowest BCUT2D eigenvalue weighted by atomic mass is 10.0. The zero-order chi connectivity index (χ0) is 19.9. The molecule has 0 aromatic rings. The molecule has 0 spiro atoms. The Morgan fingerprint density at radius 3 is 1.63 bits per heavy atom. The van der Waals surface area contributed by atoms with Gasteiger partial charge in [-0.2, -0.15) is 0 Å². The van der Waals surface area contributed by atoms with Crippen molar-refractivity contribution in [3.63, 3.8) is 0 Å². The van der Waals surface area contributed by atoms with E-state index in [0.717, 1.165) is 12.8 Å². The topological polar surface area (TPSA) is 43.4 Å². The van der Waals surface area contributed by atoms with E-state index in [1.165, 1.54) is 88.8 Å². The standard InChI is InChI=1S/C22H38O3S2/c1-4-6-8-10-12-14-16-18(17-15-13-11-9-7-5-2)27-20-19(26-3)21(23)25-22(20)24/h18H,4-17H2,1-3H3. The van der Waals surface area contributed by atoms with Crippen LogP contribution < -0.4 is 0 Å². The Morgan fingerprint density at radius 1 is 0.704 bits per heavy atom. The lowest BCUT2D eigenvalue weighted by Crippen LogP contribution is -2.07. The minimum absolute atomic E-state index is 0.415. The molecule has 0 bridgehead atoms. The lowest BCUT2D eigenvalue weighted by molar-refractivity contribution is -0.150. The molecular weight excluding hydrogens is 376 g/mol. The number of ether oxygens (including phenoxy) is 1. The van der Waals surface area contributed by atoms with E-state index in [0.29, 0.717) is 15.1 Å². The van der Waals surface area contributed by atoms with Crippen molar-refractivity contribution in [1.29, 1.82) is 0 Å². The van der Waals surface area contributed by atoms with E-state index in [9.17, 15) is 9.59 Å². The minimum Gasteiger partial charge on any atom is -0.385 e. The van der Waals surface area contributed by atoms with E-state index >= 15 is 0 Å². The van der Waals surface area contributed by atoms with Crippen molar-refractivity contribution in [3.05, 3.63) is 9.81 Å². The third kappa shape index (κ3) is 10.1. The summed E-state index contributed by atoms with van der Waals surface area (Å²) in [6.45, 7) is 4.48. The smallest absolute Gasteiger partial charge is 0.353 e. The number of hydrogen-bond donors (Lipinski definition) is 0. The molecule has 3 nitrogen and oxygen atoms in total. The highest BCUT2D eigenvalue weighted by atomic mass is 32.2. The first-order valence-electron chi connectivity index (χ1n) is 10.8. The predicted octanol–water partition coefficient (Wildman–Crippen LogP) is 7.25. The van der Waals surface area contributed by atoms with Crippen LogP contribution in [0.1, 0.15) is 104 Å². The first kappa shape index (κ1) is 24.6. The van der Waals surface area contributed by atoms with Gasteiger partial charge in [-0.3, -0.25) is 0 Å². The fraction of sp³-hybridized carbons (Fsp3) is 0.818. The van der Waals surface area contributed by atoms with Crippen molar-refractivity contribution in [2.24, 2.45) is 0 Å². The van der Waals surface area contributed by atoms with Gasteiger partial charge in [-0.25, -0.2) is 9.59 Å². The molecule has 0 radical (unpaired) electrons. The zero-order valence-corrected chi connectivity index (χ0v) is 19.2. The molecule has 1 aliphatic heterocycles. The van der Waals surface area contributed by atoms with Gasteiger partial charge in [-0.15, -0.1) is 23.5 Å². The average Bonchev–Trinajstić information content (AvgIpc) is 2.93. The number of rotatable bonds is 17. The van der Waals surface area contributed by atoms with Gasteiger partial charge in [-0.05, 0) is 19.1 Å². The second-order valence-corrected chi connectivity index (χ2v) is 9.52. The fourth-order valence-electron chi connectivity index (χ4n) is 3.37. The number of esters is 2. The number of carbonyl (C=O) groups is 2. The number of carbonyl (C=O) groups excluding carboxylic acids is 2. The van der Waals surface area contributed by atoms with Crippen LogP contribution in [0.3, 0.4) is 0 Å². The number of hydrogen-bond acceptors (Lipinski definition) is 5. The summed E-state index contributed by atoms with van der Waals surface area (Å²) < 4.78 is 4.82. The van der Waals surface area contributed by atoms with Gasteiger partial charge >= 0.3 is 11.9 Å². The average molecular weight is 415 g/mol. The summed E-state index contributed by atoms with van der Waals surface area (Å²) >= 11 is 2.93. The molecule has 1 rings (SSSR count). The molecule has 0 amide bonds. The second kappa shape index (κ2) is 15.5. The van der Waals surface area contributed by atoms with Crippen LogP contribution in [-0.4, -0.2) is 23.4 Å². The van der Waals surface area contributed by atoms with Crippen molar-refractivity contribution in [2.75, 3.05) is 6.26 Å². The molecule has 0 aliphatic carbocycles. The molecule has 0 saturated heterocycles. The van der Waals surface area contributed by atoms with Gasteiger partial charge in [0.05, 0.1) is 0 Å². The maximum absolute atomic E-state index is 12.1. The summed E-state index contributed by atoms with van der Waals surface area (Å²) in [7, 11) is 0.